The number of H-pyrrole nitrogens is 1. The van der Waals surface area contributed by atoms with E-state index in [2.05, 4.69) is 4.98 Å². The van der Waals surface area contributed by atoms with Crippen LogP contribution in [-0.2, 0) is 4.79 Å². The third kappa shape index (κ3) is 2.07. The number of carboxylic acids is 1. The number of likely N-dealkylation sites (N-methyl/N-ethyl adjacent to an activating group) is 1. The molecule has 0 bridgehead atoms. The number of carbonyl (C=O) groups is 1. The van der Waals surface area contributed by atoms with Crippen LogP contribution in [0.25, 0.3) is 11.1 Å². The third-order valence-electron chi connectivity index (χ3n) is 2.35. The normalized spacial score (nSPS) is 10.6. The van der Waals surface area contributed by atoms with Crippen molar-refractivity contribution >= 4 is 28.4 Å². The van der Waals surface area contributed by atoms with Gasteiger partial charge in [-0.3, -0.25) is 9.78 Å². The van der Waals surface area contributed by atoms with E-state index in [9.17, 15) is 9.59 Å². The van der Waals surface area contributed by atoms with Crippen LogP contribution < -0.4 is 16.4 Å². The molecule has 0 amide bonds. The van der Waals surface area contributed by atoms with Gasteiger partial charge in [0.2, 0.25) is 0 Å². The van der Waals surface area contributed by atoms with Gasteiger partial charge in [-0.05, 0) is 6.07 Å². The number of fused-ring (bicyclic) bond motifs is 1. The van der Waals surface area contributed by atoms with Gasteiger partial charge in [-0.25, -0.2) is 4.79 Å². The highest BCUT2D eigenvalue weighted by molar-refractivity contribution is 5.87. The van der Waals surface area contributed by atoms with Crippen LogP contribution in [0, 0.1) is 0 Å². The Morgan fingerprint density at radius 2 is 2.29 bits per heavy atom. The van der Waals surface area contributed by atoms with Gasteiger partial charge in [0.15, 0.2) is 5.58 Å². The molecule has 7 nitrogen and oxygen atoms in total. The molecule has 0 atom stereocenters. The van der Waals surface area contributed by atoms with E-state index in [1.54, 1.807) is 13.1 Å². The van der Waals surface area contributed by atoms with E-state index < -0.39 is 11.7 Å². The Morgan fingerprint density at radius 3 is 2.94 bits per heavy atom. The molecule has 2 aromatic rings. The van der Waals surface area contributed by atoms with Crippen LogP contribution in [0.2, 0.25) is 0 Å². The predicted molar refractivity (Wildman–Crippen MR) is 62.2 cm³/mol. The van der Waals surface area contributed by atoms with Crippen molar-refractivity contribution in [3.05, 3.63) is 22.7 Å². The van der Waals surface area contributed by atoms with Gasteiger partial charge in [0.05, 0.1) is 16.9 Å². The summed E-state index contributed by atoms with van der Waals surface area (Å²) in [7, 11) is 1.60. The Hall–Kier alpha value is -2.44. The molecule has 0 aliphatic rings. The number of nitrogens with zero attached hydrogens (tertiary/aromatic N) is 1. The fraction of sp³-hybridized carbons (Fsp3) is 0.200. The lowest BCUT2D eigenvalue weighted by atomic mass is 10.2. The summed E-state index contributed by atoms with van der Waals surface area (Å²) in [5.41, 5.74) is 7.47. The lowest BCUT2D eigenvalue weighted by Gasteiger charge is -2.18. The summed E-state index contributed by atoms with van der Waals surface area (Å²) in [6.07, 6.45) is 0. The molecule has 90 valence electrons. The second-order valence-corrected chi connectivity index (χ2v) is 3.67. The number of carboxylic acid groups (broad SMARTS) is 1. The van der Waals surface area contributed by atoms with E-state index in [1.807, 2.05) is 0 Å². The van der Waals surface area contributed by atoms with Crippen LogP contribution in [0.1, 0.15) is 0 Å². The second kappa shape index (κ2) is 3.85. The topological polar surface area (TPSA) is 113 Å². The summed E-state index contributed by atoms with van der Waals surface area (Å²) < 4.78 is 4.84. The van der Waals surface area contributed by atoms with E-state index in [0.717, 1.165) is 0 Å². The molecule has 7 heteroatoms. The first-order valence-corrected chi connectivity index (χ1v) is 4.82. The van der Waals surface area contributed by atoms with E-state index in [-0.39, 0.29) is 6.54 Å². The van der Waals surface area contributed by atoms with Gasteiger partial charge in [-0.15, -0.1) is 0 Å². The first-order chi connectivity index (χ1) is 7.97. The molecule has 0 radical (unpaired) electrons. The van der Waals surface area contributed by atoms with E-state index >= 15 is 0 Å². The summed E-state index contributed by atoms with van der Waals surface area (Å²) in [6, 6.07) is 3.07. The van der Waals surface area contributed by atoms with Crippen LogP contribution >= 0.6 is 0 Å². The van der Waals surface area contributed by atoms with Gasteiger partial charge in [0, 0.05) is 13.1 Å². The molecule has 0 aliphatic carbocycles. The number of rotatable bonds is 3. The first-order valence-electron chi connectivity index (χ1n) is 4.82. The smallest absolute Gasteiger partial charge is 0.417 e. The average molecular weight is 237 g/mol. The van der Waals surface area contributed by atoms with Crippen molar-refractivity contribution in [2.75, 3.05) is 24.2 Å². The number of aromatic amines is 1. The van der Waals surface area contributed by atoms with E-state index in [0.29, 0.717) is 22.5 Å². The van der Waals surface area contributed by atoms with Crippen molar-refractivity contribution in [3.63, 3.8) is 0 Å². The van der Waals surface area contributed by atoms with Crippen molar-refractivity contribution in [3.8, 4) is 0 Å². The van der Waals surface area contributed by atoms with Gasteiger partial charge in [-0.1, -0.05) is 0 Å². The molecular weight excluding hydrogens is 226 g/mol. The fourth-order valence-corrected chi connectivity index (χ4v) is 1.62. The molecule has 1 aromatic heterocycles. The fourth-order valence-electron chi connectivity index (χ4n) is 1.62. The number of hydrogen-bond acceptors (Lipinski definition) is 5. The number of anilines is 2. The van der Waals surface area contributed by atoms with Gasteiger partial charge < -0.3 is 20.2 Å². The Balaban J connectivity index is 2.49. The lowest BCUT2D eigenvalue weighted by Crippen LogP contribution is -2.25. The molecule has 1 aromatic carbocycles. The standard InChI is InChI=1S/C10H11N3O4/c1-13(4-9(14)15)7-3-6-8(2-5(7)11)17-10(16)12-6/h2-3H,4,11H2,1H3,(H,12,16)(H,14,15). The number of hydrogen-bond donors (Lipinski definition) is 3. The maximum atomic E-state index is 11.0. The first kappa shape index (κ1) is 11.1. The summed E-state index contributed by atoms with van der Waals surface area (Å²) in [4.78, 5) is 25.5. The van der Waals surface area contributed by atoms with Crippen molar-refractivity contribution in [2.24, 2.45) is 0 Å². The number of aromatic nitrogens is 1. The van der Waals surface area contributed by atoms with Crippen LogP contribution in [0.15, 0.2) is 21.3 Å². The van der Waals surface area contributed by atoms with Crippen molar-refractivity contribution < 1.29 is 14.3 Å². The maximum absolute atomic E-state index is 11.0. The molecule has 0 spiro atoms. The highest BCUT2D eigenvalue weighted by atomic mass is 16.4. The summed E-state index contributed by atoms with van der Waals surface area (Å²) in [5.74, 6) is -1.54. The molecule has 2 rings (SSSR count). The Morgan fingerprint density at radius 1 is 1.59 bits per heavy atom. The Labute approximate surface area is 95.4 Å². The number of benzene rings is 1. The van der Waals surface area contributed by atoms with Crippen LogP contribution in [0.4, 0.5) is 11.4 Å². The third-order valence-corrected chi connectivity index (χ3v) is 2.35. The van der Waals surface area contributed by atoms with Crippen LogP contribution in [-0.4, -0.2) is 29.7 Å². The maximum Gasteiger partial charge on any atom is 0.417 e. The minimum absolute atomic E-state index is 0.183. The van der Waals surface area contributed by atoms with Crippen molar-refractivity contribution in [1.82, 2.24) is 4.98 Å². The number of nitrogen functional groups attached to an aromatic ring is 1. The molecule has 0 fully saturated rings. The minimum atomic E-state index is -0.965. The van der Waals surface area contributed by atoms with Gasteiger partial charge >= 0.3 is 11.7 Å². The van der Waals surface area contributed by atoms with Gasteiger partial charge in [0.1, 0.15) is 6.54 Å². The second-order valence-electron chi connectivity index (χ2n) is 3.67. The molecule has 1 heterocycles. The molecule has 0 saturated carbocycles. The zero-order chi connectivity index (χ0) is 12.6. The van der Waals surface area contributed by atoms with Crippen LogP contribution in [0.3, 0.4) is 0 Å². The molecule has 0 saturated heterocycles. The highest BCUT2D eigenvalue weighted by Gasteiger charge is 2.12. The zero-order valence-electron chi connectivity index (χ0n) is 9.06. The molecule has 4 N–H and O–H groups in total. The number of nitrogens with one attached hydrogen (secondary N) is 1. The average Bonchev–Trinajstić information content (AvgIpc) is 2.54. The zero-order valence-corrected chi connectivity index (χ0v) is 9.06. The predicted octanol–water partition coefficient (Wildman–Crippen LogP) is 0.224. The summed E-state index contributed by atoms with van der Waals surface area (Å²) >= 11 is 0. The summed E-state index contributed by atoms with van der Waals surface area (Å²) in [6.45, 7) is -0.183. The van der Waals surface area contributed by atoms with Crippen molar-refractivity contribution in [2.45, 2.75) is 0 Å². The summed E-state index contributed by atoms with van der Waals surface area (Å²) in [5, 5.41) is 8.69. The quantitative estimate of drug-likeness (QED) is 0.658. The van der Waals surface area contributed by atoms with Gasteiger partial charge in [0.25, 0.3) is 0 Å². The van der Waals surface area contributed by atoms with E-state index in [4.69, 9.17) is 15.3 Å². The lowest BCUT2D eigenvalue weighted by molar-refractivity contribution is -0.135. The SMILES string of the molecule is CN(CC(=O)O)c1cc2[nH]c(=O)oc2cc1N. The Bertz CT molecular complexity index is 628. The minimum Gasteiger partial charge on any atom is -0.480 e. The van der Waals surface area contributed by atoms with Gasteiger partial charge in [-0.2, -0.15) is 0 Å². The monoisotopic (exact) mass is 237 g/mol. The number of aliphatic carboxylic acids is 1. The van der Waals surface area contributed by atoms with E-state index in [1.165, 1.54) is 11.0 Å². The number of nitrogens with two attached hydrogens (primary N) is 1. The molecule has 17 heavy (non-hydrogen) atoms. The van der Waals surface area contributed by atoms with Crippen LogP contribution in [0.5, 0.6) is 0 Å². The number of oxazole rings is 1. The molecular formula is C10H11N3O4. The molecule has 0 unspecified atom stereocenters. The highest BCUT2D eigenvalue weighted by Crippen LogP contribution is 2.26. The molecule has 0 aliphatic heterocycles. The largest absolute Gasteiger partial charge is 0.480 e. The van der Waals surface area contributed by atoms with Crippen molar-refractivity contribution in [1.29, 1.82) is 0 Å². The Kier molecular flexibility index (Phi) is 2.51.